The average Bonchev–Trinajstić information content (AvgIpc) is 2.99. The largest absolute Gasteiger partial charge is 0.495 e. The van der Waals surface area contributed by atoms with Crippen molar-refractivity contribution in [2.24, 2.45) is 0 Å². The Morgan fingerprint density at radius 2 is 2.04 bits per heavy atom. The van der Waals surface area contributed by atoms with Crippen molar-refractivity contribution in [3.63, 3.8) is 0 Å². The summed E-state index contributed by atoms with van der Waals surface area (Å²) < 4.78 is 7.29. The van der Waals surface area contributed by atoms with Crippen molar-refractivity contribution in [1.29, 1.82) is 0 Å². The number of H-pyrrole nitrogens is 1. The summed E-state index contributed by atoms with van der Waals surface area (Å²) in [7, 11) is 1.61. The van der Waals surface area contributed by atoms with Crippen molar-refractivity contribution >= 4 is 48.7 Å². The number of ether oxygens (including phenoxy) is 1. The first kappa shape index (κ1) is 17.6. The van der Waals surface area contributed by atoms with Gasteiger partial charge in [-0.05, 0) is 39.7 Å². The lowest BCUT2D eigenvalue weighted by molar-refractivity contribution is -0.139. The zero-order chi connectivity index (χ0) is 18.4. The van der Waals surface area contributed by atoms with Gasteiger partial charge in [0.1, 0.15) is 11.8 Å². The Labute approximate surface area is 167 Å². The molecule has 134 valence electrons. The Kier molecular flexibility index (Phi) is 4.54. The Morgan fingerprint density at radius 3 is 2.77 bits per heavy atom. The van der Waals surface area contributed by atoms with Gasteiger partial charge in [-0.25, -0.2) is 0 Å². The predicted molar refractivity (Wildman–Crippen MR) is 107 cm³/mol. The van der Waals surface area contributed by atoms with E-state index in [0.29, 0.717) is 12.2 Å². The van der Waals surface area contributed by atoms with Crippen LogP contribution in [-0.4, -0.2) is 29.2 Å². The molecule has 3 aromatic rings. The maximum Gasteiger partial charge on any atom is 0.321 e. The van der Waals surface area contributed by atoms with Crippen molar-refractivity contribution in [3.05, 3.63) is 62.2 Å². The molecule has 0 radical (unpaired) electrons. The number of methoxy groups -OCH3 is 1. The third kappa shape index (κ3) is 2.84. The van der Waals surface area contributed by atoms with Crippen LogP contribution in [0, 0.1) is 0 Å². The highest BCUT2D eigenvalue weighted by Gasteiger charge is 2.35. The second kappa shape index (κ2) is 6.72. The number of hydrogen-bond acceptors (Lipinski definition) is 3. The van der Waals surface area contributed by atoms with E-state index >= 15 is 0 Å². The number of aliphatic carboxylic acids is 1. The van der Waals surface area contributed by atoms with Gasteiger partial charge in [0.2, 0.25) is 0 Å². The number of para-hydroxylation sites is 1. The summed E-state index contributed by atoms with van der Waals surface area (Å²) in [5.74, 6) is -0.180. The Morgan fingerprint density at radius 1 is 1.27 bits per heavy atom. The highest BCUT2D eigenvalue weighted by molar-refractivity contribution is 9.11. The molecule has 0 spiro atoms. The summed E-state index contributed by atoms with van der Waals surface area (Å²) in [4.78, 5) is 15.2. The topological polar surface area (TPSA) is 74.3 Å². The number of fused-ring (bicyclic) bond motifs is 3. The number of nitrogens with one attached hydrogen (secondary N) is 2. The van der Waals surface area contributed by atoms with Crippen LogP contribution in [0.25, 0.3) is 10.9 Å². The number of aromatic nitrogens is 1. The summed E-state index contributed by atoms with van der Waals surface area (Å²) in [5.41, 5.74) is 3.89. The van der Waals surface area contributed by atoms with Crippen molar-refractivity contribution in [2.45, 2.75) is 18.5 Å². The van der Waals surface area contributed by atoms with Gasteiger partial charge in [0.05, 0.1) is 17.6 Å². The summed E-state index contributed by atoms with van der Waals surface area (Å²) in [6.45, 7) is 0. The maximum absolute atomic E-state index is 11.8. The van der Waals surface area contributed by atoms with Gasteiger partial charge in [0.15, 0.2) is 0 Å². The molecule has 3 N–H and O–H groups in total. The van der Waals surface area contributed by atoms with Crippen LogP contribution in [0.15, 0.2) is 45.3 Å². The molecule has 0 aliphatic carbocycles. The number of benzene rings is 2. The van der Waals surface area contributed by atoms with Crippen LogP contribution in [-0.2, 0) is 11.2 Å². The molecule has 0 saturated heterocycles. The average molecular weight is 480 g/mol. The van der Waals surface area contributed by atoms with Gasteiger partial charge >= 0.3 is 5.97 Å². The lowest BCUT2D eigenvalue weighted by atomic mass is 9.90. The predicted octanol–water partition coefficient (Wildman–Crippen LogP) is 4.39. The SMILES string of the molecule is COc1c(Br)cc(Br)cc1[C@@H]1N[C@@H](C(=O)O)Cc2c1[nH]c1ccccc21. The molecule has 1 aliphatic heterocycles. The molecule has 2 heterocycles. The molecule has 1 aliphatic rings. The number of halogens is 2. The van der Waals surface area contributed by atoms with Crippen LogP contribution in [0.4, 0.5) is 0 Å². The monoisotopic (exact) mass is 478 g/mol. The molecule has 0 unspecified atom stereocenters. The first-order valence-corrected chi connectivity index (χ1v) is 9.69. The molecule has 5 nitrogen and oxygen atoms in total. The maximum atomic E-state index is 11.8. The summed E-state index contributed by atoms with van der Waals surface area (Å²) in [6, 6.07) is 10.9. The Balaban J connectivity index is 1.96. The zero-order valence-electron chi connectivity index (χ0n) is 13.8. The number of rotatable bonds is 3. The molecule has 7 heteroatoms. The fourth-order valence-corrected chi connectivity index (χ4v) is 5.07. The van der Waals surface area contributed by atoms with Gasteiger partial charge in [-0.15, -0.1) is 0 Å². The van der Waals surface area contributed by atoms with E-state index in [2.05, 4.69) is 42.2 Å². The molecule has 0 saturated carbocycles. The molecule has 2 aromatic carbocycles. The van der Waals surface area contributed by atoms with Gasteiger partial charge < -0.3 is 14.8 Å². The minimum absolute atomic E-state index is 0.323. The third-order valence-corrected chi connectivity index (χ3v) is 5.81. The molecule has 0 bridgehead atoms. The fourth-order valence-electron chi connectivity index (χ4n) is 3.65. The number of aromatic amines is 1. The van der Waals surface area contributed by atoms with Crippen LogP contribution < -0.4 is 10.1 Å². The van der Waals surface area contributed by atoms with E-state index in [9.17, 15) is 9.90 Å². The van der Waals surface area contributed by atoms with Gasteiger partial charge in [-0.3, -0.25) is 10.1 Å². The molecule has 0 amide bonds. The smallest absolute Gasteiger partial charge is 0.321 e. The van der Waals surface area contributed by atoms with E-state index in [-0.39, 0.29) is 6.04 Å². The van der Waals surface area contributed by atoms with Crippen LogP contribution >= 0.6 is 31.9 Å². The van der Waals surface area contributed by atoms with Crippen molar-refractivity contribution in [1.82, 2.24) is 10.3 Å². The second-order valence-corrected chi connectivity index (χ2v) is 8.04. The summed E-state index contributed by atoms with van der Waals surface area (Å²) in [5, 5.41) is 14.0. The summed E-state index contributed by atoms with van der Waals surface area (Å²) >= 11 is 7.06. The number of carbonyl (C=O) groups is 1. The number of hydrogen-bond donors (Lipinski definition) is 3. The van der Waals surface area contributed by atoms with E-state index in [1.165, 1.54) is 0 Å². The van der Waals surface area contributed by atoms with Gasteiger partial charge in [-0.2, -0.15) is 0 Å². The first-order chi connectivity index (χ1) is 12.5. The highest BCUT2D eigenvalue weighted by atomic mass is 79.9. The van der Waals surface area contributed by atoms with Crippen LogP contribution in [0.5, 0.6) is 5.75 Å². The number of carboxylic acids is 1. The van der Waals surface area contributed by atoms with E-state index in [1.807, 2.05) is 36.4 Å². The second-order valence-electron chi connectivity index (χ2n) is 6.27. The molecular formula is C19H16Br2N2O3. The quantitative estimate of drug-likeness (QED) is 0.520. The fraction of sp³-hybridized carbons (Fsp3) is 0.211. The van der Waals surface area contributed by atoms with Gasteiger partial charge in [0, 0.05) is 33.1 Å². The first-order valence-electron chi connectivity index (χ1n) is 8.11. The van der Waals surface area contributed by atoms with Crippen molar-refractivity contribution < 1.29 is 14.6 Å². The van der Waals surface area contributed by atoms with Gasteiger partial charge in [0.25, 0.3) is 0 Å². The van der Waals surface area contributed by atoms with E-state index in [4.69, 9.17) is 4.74 Å². The van der Waals surface area contributed by atoms with E-state index in [1.54, 1.807) is 7.11 Å². The molecule has 26 heavy (non-hydrogen) atoms. The standard InChI is InChI=1S/C19H16Br2N2O3/c1-26-18-12(6-9(20)7-13(18)21)17-16-11(8-15(23-17)19(24)25)10-4-2-3-5-14(10)22-16/h2-7,15,17,22-23H,8H2,1H3,(H,24,25)/t15-,17+/m1/s1. The minimum Gasteiger partial charge on any atom is -0.495 e. The van der Waals surface area contributed by atoms with Crippen molar-refractivity contribution in [3.8, 4) is 5.75 Å². The van der Waals surface area contributed by atoms with Crippen LogP contribution in [0.2, 0.25) is 0 Å². The molecule has 1 aromatic heterocycles. The van der Waals surface area contributed by atoms with Crippen molar-refractivity contribution in [2.75, 3.05) is 7.11 Å². The van der Waals surface area contributed by atoms with E-state index < -0.39 is 12.0 Å². The lowest BCUT2D eigenvalue weighted by Gasteiger charge is -2.30. The molecule has 4 rings (SSSR count). The highest BCUT2D eigenvalue weighted by Crippen LogP contribution is 2.42. The normalized spacial score (nSPS) is 19.3. The minimum atomic E-state index is -0.862. The number of carboxylic acid groups (broad SMARTS) is 1. The Hall–Kier alpha value is -1.83. The van der Waals surface area contributed by atoms with Crippen LogP contribution in [0.3, 0.4) is 0 Å². The van der Waals surface area contributed by atoms with E-state index in [0.717, 1.165) is 36.7 Å². The Bertz CT molecular complexity index is 1020. The molecule has 0 fully saturated rings. The van der Waals surface area contributed by atoms with Crippen LogP contribution in [0.1, 0.15) is 22.9 Å². The van der Waals surface area contributed by atoms with Gasteiger partial charge in [-0.1, -0.05) is 34.1 Å². The molecule has 2 atom stereocenters. The molecular weight excluding hydrogens is 464 g/mol. The zero-order valence-corrected chi connectivity index (χ0v) is 17.0. The lowest BCUT2D eigenvalue weighted by Crippen LogP contribution is -2.45. The third-order valence-electron chi connectivity index (χ3n) is 4.76. The summed E-state index contributed by atoms with van der Waals surface area (Å²) in [6.07, 6.45) is 0.433.